The average molecular weight is 445 g/mol. The maximum atomic E-state index is 13.1. The molecule has 0 aliphatic heterocycles. The molecular formula is C24H36N2O4Si. The third kappa shape index (κ3) is 4.87. The SMILES string of the molecule is CCN(CC)C(=O)Oc1c(-c2cccnc2)c(OC)cc(OC)c1[Si](CC)(CC)CC. The number of benzene rings is 1. The van der Waals surface area contributed by atoms with Crippen LogP contribution in [0.25, 0.3) is 11.1 Å². The number of methoxy groups -OCH3 is 2. The molecule has 2 aromatic rings. The predicted molar refractivity (Wildman–Crippen MR) is 129 cm³/mol. The normalized spacial score (nSPS) is 11.2. The Morgan fingerprint density at radius 2 is 1.61 bits per heavy atom. The van der Waals surface area contributed by atoms with Gasteiger partial charge in [0.2, 0.25) is 0 Å². The predicted octanol–water partition coefficient (Wildman–Crippen LogP) is 5.32. The molecule has 0 aliphatic carbocycles. The lowest BCUT2D eigenvalue weighted by Gasteiger charge is -2.33. The van der Waals surface area contributed by atoms with Gasteiger partial charge >= 0.3 is 6.09 Å². The molecule has 0 saturated heterocycles. The molecule has 1 aromatic heterocycles. The van der Waals surface area contributed by atoms with Crippen molar-refractivity contribution in [3.63, 3.8) is 0 Å². The van der Waals surface area contributed by atoms with Crippen molar-refractivity contribution >= 4 is 19.4 Å². The van der Waals surface area contributed by atoms with Crippen LogP contribution in [0.15, 0.2) is 30.6 Å². The zero-order valence-corrected chi connectivity index (χ0v) is 20.9. The van der Waals surface area contributed by atoms with Crippen molar-refractivity contribution < 1.29 is 19.0 Å². The summed E-state index contributed by atoms with van der Waals surface area (Å²) in [6.45, 7) is 11.7. The van der Waals surface area contributed by atoms with Crippen LogP contribution in [0.1, 0.15) is 34.6 Å². The molecule has 0 N–H and O–H groups in total. The summed E-state index contributed by atoms with van der Waals surface area (Å²) in [6.07, 6.45) is 3.14. The summed E-state index contributed by atoms with van der Waals surface area (Å²) >= 11 is 0. The Hall–Kier alpha value is -2.54. The first-order valence-corrected chi connectivity index (χ1v) is 13.7. The number of amides is 1. The zero-order valence-electron chi connectivity index (χ0n) is 19.9. The van der Waals surface area contributed by atoms with E-state index in [0.717, 1.165) is 40.2 Å². The fraction of sp³-hybridized carbons (Fsp3) is 0.500. The Balaban J connectivity index is 2.95. The van der Waals surface area contributed by atoms with Crippen LogP contribution in [0.3, 0.4) is 0 Å². The molecule has 2 rings (SSSR count). The van der Waals surface area contributed by atoms with Gasteiger partial charge in [0, 0.05) is 42.3 Å². The van der Waals surface area contributed by atoms with E-state index in [4.69, 9.17) is 14.2 Å². The van der Waals surface area contributed by atoms with E-state index >= 15 is 0 Å². The quantitative estimate of drug-likeness (QED) is 0.464. The van der Waals surface area contributed by atoms with Gasteiger partial charge in [-0.3, -0.25) is 4.98 Å². The first-order chi connectivity index (χ1) is 15.0. The van der Waals surface area contributed by atoms with Crippen molar-refractivity contribution in [2.75, 3.05) is 27.3 Å². The zero-order chi connectivity index (χ0) is 23.0. The highest BCUT2D eigenvalue weighted by atomic mass is 28.3. The van der Waals surface area contributed by atoms with Crippen molar-refractivity contribution in [2.45, 2.75) is 52.8 Å². The summed E-state index contributed by atoms with van der Waals surface area (Å²) in [6, 6.07) is 8.82. The molecule has 0 unspecified atom stereocenters. The molecule has 0 saturated carbocycles. The minimum absolute atomic E-state index is 0.363. The molecule has 170 valence electrons. The monoisotopic (exact) mass is 444 g/mol. The average Bonchev–Trinajstić information content (AvgIpc) is 2.81. The Bertz CT molecular complexity index is 857. The summed E-state index contributed by atoms with van der Waals surface area (Å²) in [4.78, 5) is 19.1. The van der Waals surface area contributed by atoms with Crippen LogP contribution in [0.4, 0.5) is 4.79 Å². The summed E-state index contributed by atoms with van der Waals surface area (Å²) < 4.78 is 17.8. The fourth-order valence-electron chi connectivity index (χ4n) is 4.24. The molecular weight excluding hydrogens is 408 g/mol. The lowest BCUT2D eigenvalue weighted by molar-refractivity contribution is 0.157. The van der Waals surface area contributed by atoms with E-state index in [-0.39, 0.29) is 6.09 Å². The third-order valence-corrected chi connectivity index (χ3v) is 12.0. The maximum Gasteiger partial charge on any atom is 0.415 e. The molecule has 0 atom stereocenters. The second-order valence-electron chi connectivity index (χ2n) is 7.48. The van der Waals surface area contributed by atoms with E-state index in [9.17, 15) is 4.79 Å². The van der Waals surface area contributed by atoms with Crippen LogP contribution in [-0.4, -0.2) is 51.4 Å². The number of carbonyl (C=O) groups is 1. The lowest BCUT2D eigenvalue weighted by atomic mass is 10.0. The largest absolute Gasteiger partial charge is 0.497 e. The van der Waals surface area contributed by atoms with Gasteiger partial charge in [0.15, 0.2) is 0 Å². The number of hydrogen-bond acceptors (Lipinski definition) is 5. The van der Waals surface area contributed by atoms with E-state index < -0.39 is 8.07 Å². The smallest absolute Gasteiger partial charge is 0.415 e. The van der Waals surface area contributed by atoms with Crippen LogP contribution < -0.4 is 19.4 Å². The highest BCUT2D eigenvalue weighted by Crippen LogP contribution is 2.43. The van der Waals surface area contributed by atoms with Crippen molar-refractivity contribution in [1.29, 1.82) is 0 Å². The second kappa shape index (κ2) is 11.2. The van der Waals surface area contributed by atoms with Gasteiger partial charge in [-0.05, 0) is 19.9 Å². The number of nitrogens with zero attached hydrogens (tertiary/aromatic N) is 2. The first kappa shape index (κ1) is 24.7. The lowest BCUT2D eigenvalue weighted by Crippen LogP contribution is -2.48. The van der Waals surface area contributed by atoms with Crippen molar-refractivity contribution in [2.24, 2.45) is 0 Å². The second-order valence-corrected chi connectivity index (χ2v) is 12.7. The Labute approximate surface area is 187 Å². The van der Waals surface area contributed by atoms with Crippen molar-refractivity contribution in [3.8, 4) is 28.4 Å². The Kier molecular flexibility index (Phi) is 8.92. The van der Waals surface area contributed by atoms with Gasteiger partial charge in [-0.1, -0.05) is 45.0 Å². The number of rotatable bonds is 10. The molecule has 7 heteroatoms. The molecule has 0 bridgehead atoms. The molecule has 1 heterocycles. The molecule has 6 nitrogen and oxygen atoms in total. The fourth-order valence-corrected chi connectivity index (χ4v) is 8.15. The summed E-state index contributed by atoms with van der Waals surface area (Å²) in [5, 5.41) is 1.04. The van der Waals surface area contributed by atoms with Crippen molar-refractivity contribution in [3.05, 3.63) is 30.6 Å². The van der Waals surface area contributed by atoms with Gasteiger partial charge in [0.05, 0.1) is 27.9 Å². The number of ether oxygens (including phenoxy) is 3. The summed E-state index contributed by atoms with van der Waals surface area (Å²) in [5.74, 6) is 1.88. The highest BCUT2D eigenvalue weighted by Gasteiger charge is 2.39. The van der Waals surface area contributed by atoms with Gasteiger partial charge in [-0.25, -0.2) is 4.79 Å². The number of pyridine rings is 1. The van der Waals surface area contributed by atoms with Crippen molar-refractivity contribution in [1.82, 2.24) is 9.88 Å². The number of aromatic nitrogens is 1. The molecule has 0 radical (unpaired) electrons. The standard InChI is InChI=1S/C24H36N2O4Si/c1-8-26(9-2)24(27)30-22-21(18-14-13-15-25-17-18)19(28-6)16-20(29-7)23(22)31(10-3,11-4)12-5/h13-17H,8-12H2,1-7H3. The van der Waals surface area contributed by atoms with Crippen LogP contribution in [0.5, 0.6) is 17.2 Å². The Morgan fingerprint density at radius 1 is 1.00 bits per heavy atom. The Morgan fingerprint density at radius 3 is 2.06 bits per heavy atom. The molecule has 0 fully saturated rings. The maximum absolute atomic E-state index is 13.1. The third-order valence-electron chi connectivity index (χ3n) is 6.37. The van der Waals surface area contributed by atoms with Crippen LogP contribution in [0.2, 0.25) is 18.1 Å². The first-order valence-electron chi connectivity index (χ1n) is 11.1. The highest BCUT2D eigenvalue weighted by molar-refractivity contribution is 6.93. The van der Waals surface area contributed by atoms with Gasteiger partial charge in [-0.15, -0.1) is 0 Å². The van der Waals surface area contributed by atoms with E-state index in [1.54, 1.807) is 31.5 Å². The summed E-state index contributed by atoms with van der Waals surface area (Å²) in [5.41, 5.74) is 1.59. The summed E-state index contributed by atoms with van der Waals surface area (Å²) in [7, 11) is 1.26. The van der Waals surface area contributed by atoms with E-state index in [2.05, 4.69) is 25.8 Å². The van der Waals surface area contributed by atoms with E-state index in [1.807, 2.05) is 32.0 Å². The van der Waals surface area contributed by atoms with Gasteiger partial charge < -0.3 is 19.1 Å². The number of carbonyl (C=O) groups excluding carboxylic acids is 1. The van der Waals surface area contributed by atoms with Crippen LogP contribution >= 0.6 is 0 Å². The molecule has 1 aromatic carbocycles. The van der Waals surface area contributed by atoms with Crippen LogP contribution in [-0.2, 0) is 0 Å². The van der Waals surface area contributed by atoms with E-state index in [0.29, 0.717) is 24.6 Å². The topological polar surface area (TPSA) is 60.9 Å². The van der Waals surface area contributed by atoms with Gasteiger partial charge in [0.25, 0.3) is 0 Å². The molecule has 1 amide bonds. The minimum atomic E-state index is -2.02. The molecule has 0 spiro atoms. The molecule has 0 aliphatic rings. The van der Waals surface area contributed by atoms with Gasteiger partial charge in [-0.2, -0.15) is 0 Å². The molecule has 31 heavy (non-hydrogen) atoms. The minimum Gasteiger partial charge on any atom is -0.497 e. The van der Waals surface area contributed by atoms with Gasteiger partial charge in [0.1, 0.15) is 17.2 Å². The van der Waals surface area contributed by atoms with E-state index in [1.165, 1.54) is 0 Å². The van der Waals surface area contributed by atoms with Crippen LogP contribution in [0, 0.1) is 0 Å². The number of hydrogen-bond donors (Lipinski definition) is 0.